The predicted octanol–water partition coefficient (Wildman–Crippen LogP) is 2.81. The Hall–Kier alpha value is -0.970. The molecular weight excluding hydrogens is 218 g/mol. The Morgan fingerprint density at radius 2 is 2.06 bits per heavy atom. The van der Waals surface area contributed by atoms with Crippen molar-refractivity contribution >= 4 is 11.6 Å². The Kier molecular flexibility index (Phi) is 2.97. The maximum absolute atomic E-state index is 5.98. The Bertz CT molecular complexity index is 443. The Morgan fingerprint density at radius 1 is 1.38 bits per heavy atom. The quantitative estimate of drug-likeness (QED) is 0.775. The first kappa shape index (κ1) is 11.5. The minimum absolute atomic E-state index is 0.240. The molecular formula is C14H16ClN. The van der Waals surface area contributed by atoms with E-state index in [1.807, 2.05) is 19.9 Å². The van der Waals surface area contributed by atoms with Crippen molar-refractivity contribution in [1.82, 2.24) is 5.32 Å². The molecule has 0 fully saturated rings. The molecule has 1 unspecified atom stereocenters. The molecule has 0 heterocycles. The first-order valence-corrected chi connectivity index (χ1v) is 5.91. The normalized spacial score (nSPS) is 19.2. The van der Waals surface area contributed by atoms with Crippen LogP contribution in [-0.2, 0) is 12.8 Å². The van der Waals surface area contributed by atoms with Gasteiger partial charge in [0.2, 0.25) is 0 Å². The fourth-order valence-corrected chi connectivity index (χ4v) is 2.44. The predicted molar refractivity (Wildman–Crippen MR) is 68.7 cm³/mol. The molecule has 0 bridgehead atoms. The third-order valence-electron chi connectivity index (χ3n) is 3.03. The molecule has 16 heavy (non-hydrogen) atoms. The number of hydrogen-bond donors (Lipinski definition) is 1. The fourth-order valence-electron chi connectivity index (χ4n) is 2.24. The summed E-state index contributed by atoms with van der Waals surface area (Å²) in [5, 5.41) is 4.31. The van der Waals surface area contributed by atoms with Gasteiger partial charge in [0, 0.05) is 11.1 Å². The van der Waals surface area contributed by atoms with Crippen molar-refractivity contribution in [3.05, 3.63) is 34.3 Å². The molecule has 1 aromatic carbocycles. The summed E-state index contributed by atoms with van der Waals surface area (Å²) < 4.78 is 0. The van der Waals surface area contributed by atoms with Crippen molar-refractivity contribution in [2.75, 3.05) is 0 Å². The highest BCUT2D eigenvalue weighted by atomic mass is 35.5. The summed E-state index contributed by atoms with van der Waals surface area (Å²) in [5.41, 5.74) is 2.49. The van der Waals surface area contributed by atoms with Gasteiger partial charge in [0.25, 0.3) is 0 Å². The largest absolute Gasteiger partial charge is 0.298 e. The topological polar surface area (TPSA) is 12.0 Å². The average Bonchev–Trinajstić information content (AvgIpc) is 2.58. The second-order valence-corrected chi connectivity index (χ2v) is 5.37. The lowest BCUT2D eigenvalue weighted by atomic mass is 10.0. The monoisotopic (exact) mass is 233 g/mol. The van der Waals surface area contributed by atoms with Crippen LogP contribution in [0.1, 0.15) is 25.0 Å². The van der Waals surface area contributed by atoms with E-state index < -0.39 is 0 Å². The number of terminal acetylenes is 1. The van der Waals surface area contributed by atoms with E-state index in [0.29, 0.717) is 6.04 Å². The van der Waals surface area contributed by atoms with Crippen molar-refractivity contribution in [2.45, 2.75) is 38.3 Å². The maximum Gasteiger partial charge on any atom is 0.0743 e. The van der Waals surface area contributed by atoms with Gasteiger partial charge in [0.15, 0.2) is 0 Å². The standard InChI is InChI=1S/C14H16ClN/c1-4-14(2,3)16-13-8-10-5-6-12(15)7-11(10)9-13/h1,5-7,13,16H,8-9H2,2-3H3. The molecule has 0 saturated heterocycles. The highest BCUT2D eigenvalue weighted by Gasteiger charge is 2.26. The van der Waals surface area contributed by atoms with Gasteiger partial charge in [-0.1, -0.05) is 23.6 Å². The summed E-state index contributed by atoms with van der Waals surface area (Å²) in [6, 6.07) is 6.55. The van der Waals surface area contributed by atoms with Gasteiger partial charge in [-0.2, -0.15) is 0 Å². The van der Waals surface area contributed by atoms with E-state index in [0.717, 1.165) is 17.9 Å². The summed E-state index contributed by atoms with van der Waals surface area (Å²) >= 11 is 5.98. The average molecular weight is 234 g/mol. The Morgan fingerprint density at radius 3 is 2.75 bits per heavy atom. The van der Waals surface area contributed by atoms with Gasteiger partial charge >= 0.3 is 0 Å². The molecule has 1 atom stereocenters. The molecule has 0 aromatic heterocycles. The fraction of sp³-hybridized carbons (Fsp3) is 0.429. The molecule has 1 aromatic rings. The van der Waals surface area contributed by atoms with Gasteiger partial charge in [-0.3, -0.25) is 5.32 Å². The van der Waals surface area contributed by atoms with Crippen LogP contribution in [0.2, 0.25) is 5.02 Å². The summed E-state index contributed by atoms with van der Waals surface area (Å²) in [6.07, 6.45) is 7.53. The van der Waals surface area contributed by atoms with Crippen molar-refractivity contribution in [1.29, 1.82) is 0 Å². The molecule has 2 rings (SSSR count). The molecule has 0 radical (unpaired) electrons. The summed E-state index contributed by atoms with van der Waals surface area (Å²) in [5.74, 6) is 2.77. The minimum Gasteiger partial charge on any atom is -0.298 e. The number of halogens is 1. The van der Waals surface area contributed by atoms with Gasteiger partial charge in [-0.05, 0) is 49.9 Å². The van der Waals surface area contributed by atoms with Crippen molar-refractivity contribution < 1.29 is 0 Å². The Labute approximate surface area is 102 Å². The first-order valence-electron chi connectivity index (χ1n) is 5.53. The third-order valence-corrected chi connectivity index (χ3v) is 3.26. The molecule has 1 nitrogen and oxygen atoms in total. The molecule has 1 aliphatic carbocycles. The summed E-state index contributed by atoms with van der Waals surface area (Å²) in [6.45, 7) is 4.06. The number of rotatable bonds is 2. The summed E-state index contributed by atoms with van der Waals surface area (Å²) in [4.78, 5) is 0. The molecule has 0 saturated carbocycles. The van der Waals surface area contributed by atoms with Crippen LogP contribution in [-0.4, -0.2) is 11.6 Å². The van der Waals surface area contributed by atoms with Crippen molar-refractivity contribution in [3.63, 3.8) is 0 Å². The molecule has 0 amide bonds. The number of hydrogen-bond acceptors (Lipinski definition) is 1. The van der Waals surface area contributed by atoms with Crippen molar-refractivity contribution in [2.24, 2.45) is 0 Å². The van der Waals surface area contributed by atoms with E-state index in [2.05, 4.69) is 23.4 Å². The lowest BCUT2D eigenvalue weighted by Crippen LogP contribution is -2.45. The van der Waals surface area contributed by atoms with E-state index in [1.54, 1.807) is 0 Å². The minimum atomic E-state index is -0.240. The Balaban J connectivity index is 2.09. The SMILES string of the molecule is C#CC(C)(C)NC1Cc2ccc(Cl)cc2C1. The zero-order valence-corrected chi connectivity index (χ0v) is 10.4. The van der Waals surface area contributed by atoms with E-state index in [9.17, 15) is 0 Å². The first-order chi connectivity index (χ1) is 7.50. The molecule has 84 valence electrons. The molecule has 0 spiro atoms. The summed E-state index contributed by atoms with van der Waals surface area (Å²) in [7, 11) is 0. The van der Waals surface area contributed by atoms with Gasteiger partial charge in [0.05, 0.1) is 5.54 Å². The molecule has 1 aliphatic rings. The van der Waals surface area contributed by atoms with E-state index in [-0.39, 0.29) is 5.54 Å². The molecule has 2 heteroatoms. The van der Waals surface area contributed by atoms with E-state index in [1.165, 1.54) is 11.1 Å². The van der Waals surface area contributed by atoms with Crippen LogP contribution in [0, 0.1) is 12.3 Å². The van der Waals surface area contributed by atoms with Crippen LogP contribution in [0.5, 0.6) is 0 Å². The highest BCUT2D eigenvalue weighted by molar-refractivity contribution is 6.30. The maximum atomic E-state index is 5.98. The van der Waals surface area contributed by atoms with Crippen LogP contribution >= 0.6 is 11.6 Å². The third kappa shape index (κ3) is 2.40. The van der Waals surface area contributed by atoms with Crippen LogP contribution < -0.4 is 5.32 Å². The molecule has 0 aliphatic heterocycles. The second kappa shape index (κ2) is 4.13. The lowest BCUT2D eigenvalue weighted by molar-refractivity contribution is 0.413. The van der Waals surface area contributed by atoms with Gasteiger partial charge in [0.1, 0.15) is 0 Å². The van der Waals surface area contributed by atoms with Crippen LogP contribution in [0.15, 0.2) is 18.2 Å². The van der Waals surface area contributed by atoms with E-state index in [4.69, 9.17) is 18.0 Å². The highest BCUT2D eigenvalue weighted by Crippen LogP contribution is 2.26. The lowest BCUT2D eigenvalue weighted by Gasteiger charge is -2.24. The van der Waals surface area contributed by atoms with E-state index >= 15 is 0 Å². The smallest absolute Gasteiger partial charge is 0.0743 e. The van der Waals surface area contributed by atoms with Crippen LogP contribution in [0.3, 0.4) is 0 Å². The zero-order valence-electron chi connectivity index (χ0n) is 9.68. The zero-order chi connectivity index (χ0) is 11.8. The number of fused-ring (bicyclic) bond motifs is 1. The van der Waals surface area contributed by atoms with Gasteiger partial charge in [-0.15, -0.1) is 6.42 Å². The second-order valence-electron chi connectivity index (χ2n) is 4.93. The van der Waals surface area contributed by atoms with Gasteiger partial charge < -0.3 is 0 Å². The number of benzene rings is 1. The number of nitrogens with one attached hydrogen (secondary N) is 1. The van der Waals surface area contributed by atoms with Crippen molar-refractivity contribution in [3.8, 4) is 12.3 Å². The molecule has 1 N–H and O–H groups in total. The van der Waals surface area contributed by atoms with Gasteiger partial charge in [-0.25, -0.2) is 0 Å². The van der Waals surface area contributed by atoms with Crippen LogP contribution in [0.4, 0.5) is 0 Å². The van der Waals surface area contributed by atoms with Crippen LogP contribution in [0.25, 0.3) is 0 Å².